The monoisotopic (exact) mass is 258 g/mol. The lowest BCUT2D eigenvalue weighted by Gasteiger charge is -2.09. The third kappa shape index (κ3) is 2.52. The van der Waals surface area contributed by atoms with Crippen molar-refractivity contribution in [1.82, 2.24) is 0 Å². The van der Waals surface area contributed by atoms with Gasteiger partial charge in [-0.05, 0) is 18.9 Å². The summed E-state index contributed by atoms with van der Waals surface area (Å²) < 4.78 is 29.0. The first kappa shape index (κ1) is 12.2. The maximum Gasteiger partial charge on any atom is 0.339 e. The van der Waals surface area contributed by atoms with Crippen molar-refractivity contribution >= 4 is 15.8 Å². The fraction of sp³-hybridized carbons (Fsp3) is 0.545. The van der Waals surface area contributed by atoms with E-state index in [1.54, 1.807) is 0 Å². The lowest BCUT2D eigenvalue weighted by atomic mass is 10.3. The highest BCUT2D eigenvalue weighted by Crippen LogP contribution is 2.28. The van der Waals surface area contributed by atoms with Crippen molar-refractivity contribution in [2.75, 3.05) is 0 Å². The standard InChI is InChI=1S/C11H14O5S/c12-11(13)9-5-6-16-10(9)7-17(14,15)8-3-1-2-4-8/h5-6,8H,1-4,7H2,(H,12,13). The summed E-state index contributed by atoms with van der Waals surface area (Å²) in [6.07, 6.45) is 4.40. The maximum absolute atomic E-state index is 12.0. The average Bonchev–Trinajstić information content (AvgIpc) is 2.85. The Morgan fingerprint density at radius 2 is 2.06 bits per heavy atom. The van der Waals surface area contributed by atoms with Crippen LogP contribution in [0.4, 0.5) is 0 Å². The van der Waals surface area contributed by atoms with E-state index in [-0.39, 0.29) is 22.3 Å². The Labute approximate surface area is 99.4 Å². The molecule has 0 amide bonds. The zero-order chi connectivity index (χ0) is 12.5. The van der Waals surface area contributed by atoms with Gasteiger partial charge < -0.3 is 9.52 Å². The van der Waals surface area contributed by atoms with Crippen molar-refractivity contribution in [3.05, 3.63) is 23.7 Å². The molecule has 1 N–H and O–H groups in total. The predicted octanol–water partition coefficient (Wildman–Crippen LogP) is 1.84. The van der Waals surface area contributed by atoms with Crippen LogP contribution in [0.2, 0.25) is 0 Å². The molecule has 0 radical (unpaired) electrons. The van der Waals surface area contributed by atoms with Crippen molar-refractivity contribution < 1.29 is 22.7 Å². The van der Waals surface area contributed by atoms with Crippen LogP contribution in [-0.4, -0.2) is 24.7 Å². The molecule has 6 heteroatoms. The van der Waals surface area contributed by atoms with Gasteiger partial charge in [0.05, 0.1) is 11.5 Å². The van der Waals surface area contributed by atoms with Crippen LogP contribution in [0.1, 0.15) is 41.8 Å². The first-order valence-electron chi connectivity index (χ1n) is 5.52. The quantitative estimate of drug-likeness (QED) is 0.890. The lowest BCUT2D eigenvalue weighted by molar-refractivity contribution is 0.0695. The van der Waals surface area contributed by atoms with Crippen molar-refractivity contribution in [1.29, 1.82) is 0 Å². The number of sulfone groups is 1. The summed E-state index contributed by atoms with van der Waals surface area (Å²) in [6.45, 7) is 0. The van der Waals surface area contributed by atoms with Gasteiger partial charge in [-0.25, -0.2) is 13.2 Å². The summed E-state index contributed by atoms with van der Waals surface area (Å²) in [5.74, 6) is -1.44. The van der Waals surface area contributed by atoms with Gasteiger partial charge >= 0.3 is 5.97 Å². The second-order valence-corrected chi connectivity index (χ2v) is 6.56. The van der Waals surface area contributed by atoms with Gasteiger partial charge in [-0.1, -0.05) is 12.8 Å². The number of hydrogen-bond donors (Lipinski definition) is 1. The van der Waals surface area contributed by atoms with Crippen molar-refractivity contribution in [2.24, 2.45) is 0 Å². The Morgan fingerprint density at radius 1 is 1.41 bits per heavy atom. The van der Waals surface area contributed by atoms with E-state index in [4.69, 9.17) is 9.52 Å². The van der Waals surface area contributed by atoms with Crippen LogP contribution in [0.15, 0.2) is 16.7 Å². The SMILES string of the molecule is O=C(O)c1ccoc1CS(=O)(=O)C1CCCC1. The van der Waals surface area contributed by atoms with Crippen LogP contribution < -0.4 is 0 Å². The molecule has 0 atom stereocenters. The molecule has 1 saturated carbocycles. The molecule has 1 heterocycles. The van der Waals surface area contributed by atoms with Gasteiger partial charge in [0.2, 0.25) is 0 Å². The number of carboxylic acid groups (broad SMARTS) is 1. The Morgan fingerprint density at radius 3 is 2.65 bits per heavy atom. The molecule has 0 unspecified atom stereocenters. The van der Waals surface area contributed by atoms with Crippen LogP contribution in [0.5, 0.6) is 0 Å². The van der Waals surface area contributed by atoms with E-state index in [1.165, 1.54) is 12.3 Å². The van der Waals surface area contributed by atoms with Crippen molar-refractivity contribution in [3.8, 4) is 0 Å². The molecule has 1 aliphatic rings. The van der Waals surface area contributed by atoms with Crippen LogP contribution in [0, 0.1) is 0 Å². The van der Waals surface area contributed by atoms with Gasteiger partial charge in [0.15, 0.2) is 9.84 Å². The molecule has 17 heavy (non-hydrogen) atoms. The van der Waals surface area contributed by atoms with E-state index in [1.807, 2.05) is 0 Å². The highest BCUT2D eigenvalue weighted by molar-refractivity contribution is 7.91. The van der Waals surface area contributed by atoms with Crippen LogP contribution in [-0.2, 0) is 15.6 Å². The Balaban J connectivity index is 2.20. The fourth-order valence-corrected chi connectivity index (χ4v) is 4.07. The smallest absolute Gasteiger partial charge is 0.339 e. The molecule has 0 saturated heterocycles. The Bertz CT molecular complexity index is 508. The van der Waals surface area contributed by atoms with Gasteiger partial charge in [-0.15, -0.1) is 0 Å². The normalized spacial score (nSPS) is 17.4. The molecule has 1 aromatic rings. The second-order valence-electron chi connectivity index (χ2n) is 4.28. The lowest BCUT2D eigenvalue weighted by Crippen LogP contribution is -2.20. The van der Waals surface area contributed by atoms with Crippen LogP contribution in [0.3, 0.4) is 0 Å². The zero-order valence-corrected chi connectivity index (χ0v) is 10.1. The van der Waals surface area contributed by atoms with Gasteiger partial charge in [-0.2, -0.15) is 0 Å². The minimum absolute atomic E-state index is 0.0319. The third-order valence-electron chi connectivity index (χ3n) is 3.12. The minimum Gasteiger partial charge on any atom is -0.478 e. The molecule has 1 fully saturated rings. The molecule has 1 aromatic heterocycles. The molecular weight excluding hydrogens is 244 g/mol. The number of carboxylic acids is 1. The molecule has 0 spiro atoms. The Kier molecular flexibility index (Phi) is 3.24. The molecule has 0 bridgehead atoms. The zero-order valence-electron chi connectivity index (χ0n) is 9.26. The van der Waals surface area contributed by atoms with E-state index in [0.29, 0.717) is 12.8 Å². The number of rotatable bonds is 4. The summed E-state index contributed by atoms with van der Waals surface area (Å²) in [5, 5.41) is 8.52. The molecular formula is C11H14O5S. The van der Waals surface area contributed by atoms with E-state index in [2.05, 4.69) is 0 Å². The van der Waals surface area contributed by atoms with Gasteiger partial charge in [0.25, 0.3) is 0 Å². The Hall–Kier alpha value is -1.30. The highest BCUT2D eigenvalue weighted by atomic mass is 32.2. The van der Waals surface area contributed by atoms with Crippen LogP contribution in [0.25, 0.3) is 0 Å². The number of aromatic carboxylic acids is 1. The summed E-state index contributed by atoms with van der Waals surface area (Å²) in [5.41, 5.74) is -0.0634. The summed E-state index contributed by atoms with van der Waals surface area (Å²) >= 11 is 0. The van der Waals surface area contributed by atoms with E-state index < -0.39 is 15.8 Å². The van der Waals surface area contributed by atoms with Gasteiger partial charge in [-0.3, -0.25) is 0 Å². The van der Waals surface area contributed by atoms with Crippen LogP contribution >= 0.6 is 0 Å². The maximum atomic E-state index is 12.0. The molecule has 1 aliphatic carbocycles. The first-order valence-corrected chi connectivity index (χ1v) is 7.23. The van der Waals surface area contributed by atoms with Gasteiger partial charge in [0.1, 0.15) is 17.1 Å². The van der Waals surface area contributed by atoms with Crippen molar-refractivity contribution in [2.45, 2.75) is 36.7 Å². The summed E-state index contributed by atoms with van der Waals surface area (Å²) in [7, 11) is -3.30. The highest BCUT2D eigenvalue weighted by Gasteiger charge is 2.31. The average molecular weight is 258 g/mol. The number of furan rings is 1. The molecule has 2 rings (SSSR count). The first-order chi connectivity index (χ1) is 8.00. The summed E-state index contributed by atoms with van der Waals surface area (Å²) in [6, 6.07) is 1.28. The van der Waals surface area contributed by atoms with E-state index in [0.717, 1.165) is 12.8 Å². The van der Waals surface area contributed by atoms with Gasteiger partial charge in [0, 0.05) is 0 Å². The number of hydrogen-bond acceptors (Lipinski definition) is 4. The minimum atomic E-state index is -3.30. The van der Waals surface area contributed by atoms with Crippen molar-refractivity contribution in [3.63, 3.8) is 0 Å². The number of carbonyl (C=O) groups is 1. The largest absolute Gasteiger partial charge is 0.478 e. The topological polar surface area (TPSA) is 84.6 Å². The summed E-state index contributed by atoms with van der Waals surface area (Å²) in [4.78, 5) is 10.8. The molecule has 5 nitrogen and oxygen atoms in total. The predicted molar refractivity (Wildman–Crippen MR) is 60.5 cm³/mol. The third-order valence-corrected chi connectivity index (χ3v) is 5.27. The second kappa shape index (κ2) is 4.52. The molecule has 94 valence electrons. The molecule has 0 aromatic carbocycles. The van der Waals surface area contributed by atoms with E-state index in [9.17, 15) is 13.2 Å². The molecule has 0 aliphatic heterocycles. The fourth-order valence-electron chi connectivity index (χ4n) is 2.19. The van der Waals surface area contributed by atoms with E-state index >= 15 is 0 Å².